The Balaban J connectivity index is 1.98. The lowest BCUT2D eigenvalue weighted by Gasteiger charge is -2.42. The Kier molecular flexibility index (Phi) is 2.24. The molecule has 4 atom stereocenters. The first-order valence-corrected chi connectivity index (χ1v) is 6.84. The molecule has 1 aliphatic heterocycles. The summed E-state index contributed by atoms with van der Waals surface area (Å²) in [5, 5.41) is 0. The Bertz CT molecular complexity index is 368. The van der Waals surface area contributed by atoms with Gasteiger partial charge in [0.1, 0.15) is 6.61 Å². The van der Waals surface area contributed by atoms with Crippen LogP contribution < -0.4 is 0 Å². The van der Waals surface area contributed by atoms with Crippen LogP contribution in [0.4, 0.5) is 0 Å². The predicted molar refractivity (Wildman–Crippen MR) is 66.4 cm³/mol. The fourth-order valence-electron chi connectivity index (χ4n) is 4.53. The molecule has 1 spiro atoms. The van der Waals surface area contributed by atoms with Gasteiger partial charge in [0.25, 0.3) is 0 Å². The summed E-state index contributed by atoms with van der Waals surface area (Å²) in [6, 6.07) is 0. The van der Waals surface area contributed by atoms with E-state index >= 15 is 0 Å². The molecule has 1 saturated heterocycles. The number of esters is 1. The van der Waals surface area contributed by atoms with Crippen molar-refractivity contribution in [2.24, 2.45) is 22.7 Å². The first kappa shape index (κ1) is 11.3. The van der Waals surface area contributed by atoms with Crippen LogP contribution in [0.1, 0.15) is 46.0 Å². The highest BCUT2D eigenvalue weighted by Gasteiger charge is 2.61. The summed E-state index contributed by atoms with van der Waals surface area (Å²) in [7, 11) is 0. The van der Waals surface area contributed by atoms with Gasteiger partial charge in [-0.05, 0) is 42.1 Å². The molecule has 0 aromatic heterocycles. The average molecular weight is 234 g/mol. The molecule has 0 aromatic rings. The Hall–Kier alpha value is -0.790. The van der Waals surface area contributed by atoms with Crippen LogP contribution in [0.25, 0.3) is 0 Å². The van der Waals surface area contributed by atoms with Crippen molar-refractivity contribution in [3.63, 3.8) is 0 Å². The average Bonchev–Trinajstić information content (AvgIpc) is 2.74. The van der Waals surface area contributed by atoms with Gasteiger partial charge in [0.05, 0.1) is 5.41 Å². The molecule has 2 heteroatoms. The molecule has 94 valence electrons. The normalized spacial score (nSPS) is 49.5. The maximum atomic E-state index is 12.1. The standard InChI is InChI=1S/C15H22O2/c1-10-5-4-6-12-7-15(9-14(10,12)3)11(2)8-17-13(15)16/h10,12H,2,4-9H2,1,3H3/t10-,12+,14+,15-/m1/s1. The molecule has 0 amide bonds. The van der Waals surface area contributed by atoms with Crippen molar-refractivity contribution in [2.75, 3.05) is 6.61 Å². The molecule has 17 heavy (non-hydrogen) atoms. The van der Waals surface area contributed by atoms with Gasteiger partial charge in [-0.2, -0.15) is 0 Å². The molecule has 3 fully saturated rings. The molecule has 0 N–H and O–H groups in total. The van der Waals surface area contributed by atoms with Crippen molar-refractivity contribution in [1.29, 1.82) is 0 Å². The zero-order valence-electron chi connectivity index (χ0n) is 10.9. The molecule has 2 nitrogen and oxygen atoms in total. The van der Waals surface area contributed by atoms with Gasteiger partial charge in [-0.15, -0.1) is 0 Å². The summed E-state index contributed by atoms with van der Waals surface area (Å²) in [5.74, 6) is 1.42. The lowest BCUT2D eigenvalue weighted by Crippen LogP contribution is -2.34. The minimum atomic E-state index is -0.321. The quantitative estimate of drug-likeness (QED) is 0.475. The number of rotatable bonds is 0. The Labute approximate surface area is 103 Å². The first-order valence-electron chi connectivity index (χ1n) is 6.84. The van der Waals surface area contributed by atoms with Crippen molar-refractivity contribution in [2.45, 2.75) is 46.0 Å². The SMILES string of the molecule is C=C1COC(=O)[C@@]12C[C@@H]1CCC[C@@H](C)[C@]1(C)C2. The highest BCUT2D eigenvalue weighted by Crippen LogP contribution is 2.64. The number of carbonyl (C=O) groups is 1. The second-order valence-electron chi connectivity index (χ2n) is 6.68. The van der Waals surface area contributed by atoms with Crippen LogP contribution >= 0.6 is 0 Å². The van der Waals surface area contributed by atoms with Gasteiger partial charge in [0, 0.05) is 0 Å². The third-order valence-corrected chi connectivity index (χ3v) is 5.97. The fraction of sp³-hybridized carbons (Fsp3) is 0.800. The summed E-state index contributed by atoms with van der Waals surface area (Å²) in [5.41, 5.74) is 1.04. The van der Waals surface area contributed by atoms with E-state index in [0.29, 0.717) is 17.9 Å². The van der Waals surface area contributed by atoms with Gasteiger partial charge >= 0.3 is 5.97 Å². The van der Waals surface area contributed by atoms with E-state index in [0.717, 1.165) is 24.3 Å². The Morgan fingerprint density at radius 1 is 1.41 bits per heavy atom. The predicted octanol–water partition coefficient (Wildman–Crippen LogP) is 3.32. The van der Waals surface area contributed by atoms with E-state index in [-0.39, 0.29) is 11.4 Å². The first-order chi connectivity index (χ1) is 7.99. The summed E-state index contributed by atoms with van der Waals surface area (Å²) < 4.78 is 5.25. The van der Waals surface area contributed by atoms with Gasteiger partial charge in [0.2, 0.25) is 0 Å². The van der Waals surface area contributed by atoms with Crippen molar-refractivity contribution < 1.29 is 9.53 Å². The van der Waals surface area contributed by atoms with E-state index in [1.807, 2.05) is 0 Å². The molecule has 2 aliphatic carbocycles. The highest BCUT2D eigenvalue weighted by atomic mass is 16.5. The zero-order chi connectivity index (χ0) is 12.3. The van der Waals surface area contributed by atoms with Crippen LogP contribution in [0.3, 0.4) is 0 Å². The lowest BCUT2D eigenvalue weighted by molar-refractivity contribution is -0.146. The molecule has 3 rings (SSSR count). The van der Waals surface area contributed by atoms with Gasteiger partial charge in [-0.3, -0.25) is 4.79 Å². The monoisotopic (exact) mass is 234 g/mol. The third kappa shape index (κ3) is 1.30. The zero-order valence-corrected chi connectivity index (χ0v) is 10.9. The molecule has 3 aliphatic rings. The number of hydrogen-bond acceptors (Lipinski definition) is 2. The van der Waals surface area contributed by atoms with Crippen LogP contribution in [0, 0.1) is 22.7 Å². The minimum absolute atomic E-state index is 0.00493. The molecule has 2 saturated carbocycles. The van der Waals surface area contributed by atoms with Crippen LogP contribution in [-0.2, 0) is 9.53 Å². The van der Waals surface area contributed by atoms with Crippen LogP contribution in [0.5, 0.6) is 0 Å². The maximum Gasteiger partial charge on any atom is 0.316 e. The number of fused-ring (bicyclic) bond motifs is 1. The van der Waals surface area contributed by atoms with Crippen molar-refractivity contribution >= 4 is 5.97 Å². The van der Waals surface area contributed by atoms with Crippen LogP contribution in [0.2, 0.25) is 0 Å². The molecule has 0 unspecified atom stereocenters. The number of hydrogen-bond donors (Lipinski definition) is 0. The summed E-state index contributed by atoms with van der Waals surface area (Å²) in [4.78, 5) is 12.1. The highest BCUT2D eigenvalue weighted by molar-refractivity contribution is 5.84. The van der Waals surface area contributed by atoms with Gasteiger partial charge in [-0.1, -0.05) is 33.3 Å². The van der Waals surface area contributed by atoms with E-state index in [4.69, 9.17) is 4.74 Å². The summed E-state index contributed by atoms with van der Waals surface area (Å²) >= 11 is 0. The van der Waals surface area contributed by atoms with E-state index in [2.05, 4.69) is 20.4 Å². The van der Waals surface area contributed by atoms with Gasteiger partial charge < -0.3 is 4.74 Å². The summed E-state index contributed by atoms with van der Waals surface area (Å²) in [6.07, 6.45) is 5.88. The maximum absolute atomic E-state index is 12.1. The largest absolute Gasteiger partial charge is 0.460 e. The number of ether oxygens (including phenoxy) is 1. The van der Waals surface area contributed by atoms with E-state index in [9.17, 15) is 4.79 Å². The minimum Gasteiger partial charge on any atom is -0.460 e. The van der Waals surface area contributed by atoms with Gasteiger partial charge in [-0.25, -0.2) is 0 Å². The second kappa shape index (κ2) is 3.37. The van der Waals surface area contributed by atoms with E-state index in [1.165, 1.54) is 19.3 Å². The summed E-state index contributed by atoms with van der Waals surface area (Å²) in [6.45, 7) is 9.30. The molecular weight excluding hydrogens is 212 g/mol. The smallest absolute Gasteiger partial charge is 0.316 e. The van der Waals surface area contributed by atoms with Crippen molar-refractivity contribution in [3.8, 4) is 0 Å². The molecule has 1 heterocycles. The van der Waals surface area contributed by atoms with Crippen molar-refractivity contribution in [3.05, 3.63) is 12.2 Å². The molecule has 0 aromatic carbocycles. The molecule has 0 bridgehead atoms. The topological polar surface area (TPSA) is 26.3 Å². The number of cyclic esters (lactones) is 1. The third-order valence-electron chi connectivity index (χ3n) is 5.97. The fourth-order valence-corrected chi connectivity index (χ4v) is 4.53. The van der Waals surface area contributed by atoms with Crippen LogP contribution in [-0.4, -0.2) is 12.6 Å². The van der Waals surface area contributed by atoms with Crippen molar-refractivity contribution in [1.82, 2.24) is 0 Å². The second-order valence-corrected chi connectivity index (χ2v) is 6.68. The molecular formula is C15H22O2. The lowest BCUT2D eigenvalue weighted by atomic mass is 9.63. The Morgan fingerprint density at radius 3 is 2.76 bits per heavy atom. The van der Waals surface area contributed by atoms with E-state index < -0.39 is 0 Å². The van der Waals surface area contributed by atoms with Crippen LogP contribution in [0.15, 0.2) is 12.2 Å². The van der Waals surface area contributed by atoms with Gasteiger partial charge in [0.15, 0.2) is 0 Å². The number of carbonyl (C=O) groups excluding carboxylic acids is 1. The van der Waals surface area contributed by atoms with E-state index in [1.54, 1.807) is 0 Å². The molecule has 0 radical (unpaired) electrons. The Morgan fingerprint density at radius 2 is 2.18 bits per heavy atom.